The smallest absolute Gasteiger partial charge is 0.261 e. The summed E-state index contributed by atoms with van der Waals surface area (Å²) in [6.45, 7) is 0. The highest BCUT2D eigenvalue weighted by Crippen LogP contribution is 2.57. The number of fused-ring (bicyclic) bond motifs is 2. The van der Waals surface area contributed by atoms with Gasteiger partial charge in [-0.05, 0) is 36.6 Å². The Balaban J connectivity index is 2.24. The first-order valence-corrected chi connectivity index (χ1v) is 7.54. The normalized spacial score (nSPS) is 20.8. The monoisotopic (exact) mass is 271 g/mol. The van der Waals surface area contributed by atoms with Crippen molar-refractivity contribution in [1.82, 2.24) is 0 Å². The minimum absolute atomic E-state index is 0.0524. The van der Waals surface area contributed by atoms with Crippen molar-refractivity contribution in [2.75, 3.05) is 11.9 Å². The highest BCUT2D eigenvalue weighted by molar-refractivity contribution is 8.13. The fraction of sp³-hybridized carbons (Fsp3) is 0.364. The van der Waals surface area contributed by atoms with Gasteiger partial charge in [-0.1, -0.05) is 0 Å². The van der Waals surface area contributed by atoms with E-state index < -0.39 is 14.5 Å². The van der Waals surface area contributed by atoms with Gasteiger partial charge in [0.2, 0.25) is 5.91 Å². The number of nitrogens with zero attached hydrogens (tertiary/aromatic N) is 1. The Morgan fingerprint density at radius 3 is 2.53 bits per heavy atom. The average molecular weight is 272 g/mol. The summed E-state index contributed by atoms with van der Waals surface area (Å²) in [5, 5.41) is 0. The molecule has 2 aliphatic rings. The summed E-state index contributed by atoms with van der Waals surface area (Å²) >= 11 is 0. The number of hydrogen-bond acceptors (Lipinski definition) is 3. The minimum Gasteiger partial charge on any atom is -0.314 e. The van der Waals surface area contributed by atoms with Crippen molar-refractivity contribution >= 4 is 31.3 Å². The van der Waals surface area contributed by atoms with Crippen LogP contribution >= 0.6 is 10.7 Å². The topological polar surface area (TPSA) is 54.5 Å². The summed E-state index contributed by atoms with van der Waals surface area (Å²) in [7, 11) is 3.29. The second kappa shape index (κ2) is 3.03. The largest absolute Gasteiger partial charge is 0.314 e. The van der Waals surface area contributed by atoms with Crippen molar-refractivity contribution in [3.8, 4) is 0 Å². The molecule has 1 fully saturated rings. The number of benzene rings is 1. The molecule has 1 aliphatic heterocycles. The first kappa shape index (κ1) is 11.0. The van der Waals surface area contributed by atoms with E-state index in [1.165, 1.54) is 12.1 Å². The van der Waals surface area contributed by atoms with Gasteiger partial charge in [-0.15, -0.1) is 0 Å². The van der Waals surface area contributed by atoms with Gasteiger partial charge in [0, 0.05) is 23.4 Å². The van der Waals surface area contributed by atoms with Crippen molar-refractivity contribution < 1.29 is 13.2 Å². The van der Waals surface area contributed by atoms with Gasteiger partial charge < -0.3 is 4.90 Å². The molecule has 1 heterocycles. The zero-order chi connectivity index (χ0) is 12.4. The van der Waals surface area contributed by atoms with Crippen LogP contribution in [-0.2, 0) is 19.3 Å². The van der Waals surface area contributed by atoms with Crippen LogP contribution in [0.15, 0.2) is 23.1 Å². The van der Waals surface area contributed by atoms with Gasteiger partial charge in [0.15, 0.2) is 0 Å². The number of rotatable bonds is 1. The first-order valence-electron chi connectivity index (χ1n) is 5.24. The summed E-state index contributed by atoms with van der Waals surface area (Å²) in [6.07, 6.45) is 1.57. The zero-order valence-corrected chi connectivity index (χ0v) is 10.7. The van der Waals surface area contributed by atoms with Crippen molar-refractivity contribution in [2.45, 2.75) is 23.2 Å². The van der Waals surface area contributed by atoms with Crippen LogP contribution < -0.4 is 4.90 Å². The van der Waals surface area contributed by atoms with Gasteiger partial charge in [-0.3, -0.25) is 4.79 Å². The number of carbonyl (C=O) groups is 1. The predicted molar refractivity (Wildman–Crippen MR) is 63.8 cm³/mol. The third-order valence-corrected chi connectivity index (χ3v) is 4.94. The van der Waals surface area contributed by atoms with Gasteiger partial charge in [0.1, 0.15) is 0 Å². The van der Waals surface area contributed by atoms with Gasteiger partial charge in [0.05, 0.1) is 10.3 Å². The molecule has 0 unspecified atom stereocenters. The quantitative estimate of drug-likeness (QED) is 0.730. The van der Waals surface area contributed by atoms with E-state index >= 15 is 0 Å². The summed E-state index contributed by atoms with van der Waals surface area (Å²) in [5.74, 6) is 0.0524. The molecule has 1 aromatic rings. The van der Waals surface area contributed by atoms with Crippen molar-refractivity contribution in [3.05, 3.63) is 23.8 Å². The van der Waals surface area contributed by atoms with E-state index in [4.69, 9.17) is 10.7 Å². The number of carbonyl (C=O) groups excluding carboxylic acids is 1. The molecule has 0 N–H and O–H groups in total. The number of amides is 1. The van der Waals surface area contributed by atoms with Crippen LogP contribution in [0.25, 0.3) is 0 Å². The molecule has 3 rings (SSSR count). The third kappa shape index (κ3) is 1.35. The van der Waals surface area contributed by atoms with Crippen LogP contribution in [0.3, 0.4) is 0 Å². The Morgan fingerprint density at radius 1 is 1.35 bits per heavy atom. The number of anilines is 1. The lowest BCUT2D eigenvalue weighted by Crippen LogP contribution is -2.27. The SMILES string of the molecule is CN1C(=O)C2(CC2)c2cc(S(=O)(=O)Cl)ccc21. The van der Waals surface area contributed by atoms with E-state index in [1.54, 1.807) is 18.0 Å². The summed E-state index contributed by atoms with van der Waals surface area (Å²) in [6, 6.07) is 4.62. The van der Waals surface area contributed by atoms with E-state index in [0.29, 0.717) is 0 Å². The van der Waals surface area contributed by atoms with E-state index in [2.05, 4.69) is 0 Å². The second-order valence-corrected chi connectivity index (χ2v) is 7.13. The molecule has 4 nitrogen and oxygen atoms in total. The molecule has 1 spiro atoms. The minimum atomic E-state index is -3.74. The Labute approximate surface area is 104 Å². The molecule has 6 heteroatoms. The Morgan fingerprint density at radius 2 is 2.00 bits per heavy atom. The van der Waals surface area contributed by atoms with Crippen LogP contribution in [0.1, 0.15) is 18.4 Å². The molecule has 90 valence electrons. The second-order valence-electron chi connectivity index (χ2n) is 4.56. The predicted octanol–water partition coefficient (Wildman–Crippen LogP) is 1.62. The van der Waals surface area contributed by atoms with E-state index in [9.17, 15) is 13.2 Å². The van der Waals surface area contributed by atoms with Gasteiger partial charge >= 0.3 is 0 Å². The first-order chi connectivity index (χ1) is 7.86. The average Bonchev–Trinajstić information content (AvgIpc) is 3.02. The molecule has 1 aromatic carbocycles. The van der Waals surface area contributed by atoms with Gasteiger partial charge in [-0.25, -0.2) is 8.42 Å². The van der Waals surface area contributed by atoms with Crippen LogP contribution in [-0.4, -0.2) is 21.4 Å². The Kier molecular flexibility index (Phi) is 1.97. The lowest BCUT2D eigenvalue weighted by molar-refractivity contribution is -0.119. The van der Waals surface area contributed by atoms with Crippen molar-refractivity contribution in [1.29, 1.82) is 0 Å². The number of likely N-dealkylation sites (N-methyl/N-ethyl adjacent to an activating group) is 1. The van der Waals surface area contributed by atoms with E-state index in [1.807, 2.05) is 0 Å². The molecule has 0 saturated heterocycles. The van der Waals surface area contributed by atoms with E-state index in [0.717, 1.165) is 24.1 Å². The lowest BCUT2D eigenvalue weighted by atomic mass is 9.98. The molecule has 1 saturated carbocycles. The summed E-state index contributed by atoms with van der Waals surface area (Å²) in [5.41, 5.74) is 1.12. The van der Waals surface area contributed by atoms with Crippen LogP contribution in [0.4, 0.5) is 5.69 Å². The van der Waals surface area contributed by atoms with Crippen molar-refractivity contribution in [2.24, 2.45) is 0 Å². The third-order valence-electron chi connectivity index (χ3n) is 3.59. The van der Waals surface area contributed by atoms with Gasteiger partial charge in [-0.2, -0.15) is 0 Å². The highest BCUT2D eigenvalue weighted by Gasteiger charge is 2.58. The Hall–Kier alpha value is -1.07. The standard InChI is InChI=1S/C11H10ClNO3S/c1-13-9-3-2-7(17(12,15)16)6-8(9)11(4-5-11)10(13)14/h2-3,6H,4-5H2,1H3. The van der Waals surface area contributed by atoms with Crippen molar-refractivity contribution in [3.63, 3.8) is 0 Å². The molecule has 17 heavy (non-hydrogen) atoms. The zero-order valence-electron chi connectivity index (χ0n) is 9.10. The van der Waals surface area contributed by atoms with E-state index in [-0.39, 0.29) is 10.8 Å². The fourth-order valence-electron chi connectivity index (χ4n) is 2.50. The molecule has 0 aromatic heterocycles. The van der Waals surface area contributed by atoms with Crippen LogP contribution in [0.2, 0.25) is 0 Å². The maximum absolute atomic E-state index is 12.1. The molecular formula is C11H10ClNO3S. The molecule has 0 atom stereocenters. The molecule has 0 bridgehead atoms. The summed E-state index contributed by atoms with van der Waals surface area (Å²) < 4.78 is 22.6. The number of halogens is 1. The molecule has 1 aliphatic carbocycles. The van der Waals surface area contributed by atoms with Crippen LogP contribution in [0.5, 0.6) is 0 Å². The molecule has 1 amide bonds. The van der Waals surface area contributed by atoms with Gasteiger partial charge in [0.25, 0.3) is 9.05 Å². The Bertz CT molecular complexity index is 634. The molecule has 0 radical (unpaired) electrons. The van der Waals surface area contributed by atoms with Crippen LogP contribution in [0, 0.1) is 0 Å². The highest BCUT2D eigenvalue weighted by atomic mass is 35.7. The number of hydrogen-bond donors (Lipinski definition) is 0. The molecular weight excluding hydrogens is 262 g/mol. The lowest BCUT2D eigenvalue weighted by Gasteiger charge is -2.09. The fourth-order valence-corrected chi connectivity index (χ4v) is 3.27. The maximum atomic E-state index is 12.1. The maximum Gasteiger partial charge on any atom is 0.261 e. The summed E-state index contributed by atoms with van der Waals surface area (Å²) in [4.78, 5) is 13.7.